The van der Waals surface area contributed by atoms with Gasteiger partial charge in [-0.25, -0.2) is 4.98 Å². The Balaban J connectivity index is 2.13. The van der Waals surface area contributed by atoms with Crippen LogP contribution in [0.5, 0.6) is 11.6 Å². The van der Waals surface area contributed by atoms with Gasteiger partial charge in [0.1, 0.15) is 5.75 Å². The Hall–Kier alpha value is -1.17. The molecule has 2 aromatic rings. The van der Waals surface area contributed by atoms with Crippen molar-refractivity contribution < 1.29 is 4.74 Å². The molecule has 0 saturated heterocycles. The first-order valence-electron chi connectivity index (χ1n) is 5.27. The van der Waals surface area contributed by atoms with E-state index in [-0.39, 0.29) is 0 Å². The summed E-state index contributed by atoms with van der Waals surface area (Å²) in [6.07, 6.45) is 3.27. The molecule has 0 unspecified atom stereocenters. The molecular formula is C12H11BrClN3O. The molecule has 0 bridgehead atoms. The van der Waals surface area contributed by atoms with Gasteiger partial charge in [-0.3, -0.25) is 4.98 Å². The van der Waals surface area contributed by atoms with E-state index in [0.717, 1.165) is 10.2 Å². The van der Waals surface area contributed by atoms with Crippen molar-refractivity contribution in [2.45, 2.75) is 6.54 Å². The van der Waals surface area contributed by atoms with Crippen molar-refractivity contribution in [3.63, 3.8) is 0 Å². The van der Waals surface area contributed by atoms with Crippen molar-refractivity contribution in [2.24, 2.45) is 0 Å². The highest BCUT2D eigenvalue weighted by atomic mass is 79.9. The maximum Gasteiger partial charge on any atom is 0.237 e. The van der Waals surface area contributed by atoms with Crippen molar-refractivity contribution in [3.8, 4) is 11.6 Å². The number of hydrogen-bond acceptors (Lipinski definition) is 4. The molecule has 1 N–H and O–H groups in total. The number of ether oxygens (including phenoxy) is 1. The first-order chi connectivity index (χ1) is 8.69. The molecule has 0 fully saturated rings. The minimum Gasteiger partial charge on any atom is -0.436 e. The van der Waals surface area contributed by atoms with Crippen LogP contribution < -0.4 is 10.1 Å². The zero-order chi connectivity index (χ0) is 13.0. The van der Waals surface area contributed by atoms with E-state index >= 15 is 0 Å². The average molecular weight is 329 g/mol. The third kappa shape index (κ3) is 3.41. The normalized spacial score (nSPS) is 10.4. The maximum atomic E-state index is 5.85. The van der Waals surface area contributed by atoms with Gasteiger partial charge in [-0.2, -0.15) is 0 Å². The van der Waals surface area contributed by atoms with Crippen LogP contribution in [0, 0.1) is 0 Å². The van der Waals surface area contributed by atoms with Gasteiger partial charge in [-0.1, -0.05) is 11.6 Å². The fraction of sp³-hybridized carbons (Fsp3) is 0.167. The first kappa shape index (κ1) is 13.3. The molecule has 0 aliphatic rings. The van der Waals surface area contributed by atoms with Crippen LogP contribution in [-0.2, 0) is 6.54 Å². The third-order valence-electron chi connectivity index (χ3n) is 2.15. The molecule has 94 valence electrons. The van der Waals surface area contributed by atoms with Crippen LogP contribution in [0.2, 0.25) is 5.02 Å². The van der Waals surface area contributed by atoms with Crippen LogP contribution in [-0.4, -0.2) is 17.0 Å². The van der Waals surface area contributed by atoms with E-state index in [1.807, 2.05) is 7.05 Å². The number of halogens is 2. The molecule has 0 saturated carbocycles. The maximum absolute atomic E-state index is 5.85. The SMILES string of the molecule is CNCc1cnc(Oc2ccc(Cl)cc2Br)cn1. The summed E-state index contributed by atoms with van der Waals surface area (Å²) >= 11 is 9.23. The summed E-state index contributed by atoms with van der Waals surface area (Å²) in [7, 11) is 1.86. The van der Waals surface area contributed by atoms with E-state index in [1.165, 1.54) is 0 Å². The summed E-state index contributed by atoms with van der Waals surface area (Å²) in [5.41, 5.74) is 0.861. The van der Waals surface area contributed by atoms with Gasteiger partial charge in [-0.05, 0) is 41.2 Å². The van der Waals surface area contributed by atoms with Crippen LogP contribution in [0.15, 0.2) is 35.1 Å². The predicted molar refractivity (Wildman–Crippen MR) is 74.0 cm³/mol. The van der Waals surface area contributed by atoms with Gasteiger partial charge in [-0.15, -0.1) is 0 Å². The second-order valence-electron chi connectivity index (χ2n) is 3.55. The van der Waals surface area contributed by atoms with Gasteiger partial charge in [0.05, 0.1) is 22.6 Å². The molecule has 1 heterocycles. The lowest BCUT2D eigenvalue weighted by Gasteiger charge is -2.07. The molecule has 2 rings (SSSR count). The topological polar surface area (TPSA) is 47.0 Å². The molecule has 1 aromatic heterocycles. The Morgan fingerprint density at radius 1 is 1.33 bits per heavy atom. The predicted octanol–water partition coefficient (Wildman–Crippen LogP) is 3.40. The fourth-order valence-corrected chi connectivity index (χ4v) is 2.10. The van der Waals surface area contributed by atoms with Gasteiger partial charge in [0.2, 0.25) is 5.88 Å². The number of hydrogen-bond donors (Lipinski definition) is 1. The van der Waals surface area contributed by atoms with Gasteiger partial charge in [0, 0.05) is 11.6 Å². The van der Waals surface area contributed by atoms with Gasteiger partial charge in [0.15, 0.2) is 0 Å². The van der Waals surface area contributed by atoms with Crippen molar-refractivity contribution in [1.82, 2.24) is 15.3 Å². The molecule has 0 atom stereocenters. The fourth-order valence-electron chi connectivity index (χ4n) is 1.34. The standard InChI is InChI=1S/C12H11BrClN3O/c1-15-5-9-6-17-12(7-16-9)18-11-3-2-8(14)4-10(11)13/h2-4,6-7,15H,5H2,1H3. The summed E-state index contributed by atoms with van der Waals surface area (Å²) in [6.45, 7) is 0.678. The summed E-state index contributed by atoms with van der Waals surface area (Å²) in [6, 6.07) is 5.29. The van der Waals surface area contributed by atoms with Crippen LogP contribution in [0.3, 0.4) is 0 Å². The van der Waals surface area contributed by atoms with E-state index in [4.69, 9.17) is 16.3 Å². The Kier molecular flexibility index (Phi) is 4.52. The summed E-state index contributed by atoms with van der Waals surface area (Å²) < 4.78 is 6.37. The summed E-state index contributed by atoms with van der Waals surface area (Å²) in [4.78, 5) is 8.40. The lowest BCUT2D eigenvalue weighted by atomic mass is 10.3. The number of rotatable bonds is 4. The Morgan fingerprint density at radius 3 is 2.78 bits per heavy atom. The lowest BCUT2D eigenvalue weighted by molar-refractivity contribution is 0.456. The molecule has 6 heteroatoms. The van der Waals surface area contributed by atoms with Crippen LogP contribution in [0.4, 0.5) is 0 Å². The molecule has 0 aliphatic carbocycles. The first-order valence-corrected chi connectivity index (χ1v) is 6.44. The minimum absolute atomic E-state index is 0.442. The Labute approximate surface area is 118 Å². The molecule has 18 heavy (non-hydrogen) atoms. The number of benzene rings is 1. The highest BCUT2D eigenvalue weighted by Gasteiger charge is 2.05. The van der Waals surface area contributed by atoms with Crippen molar-refractivity contribution >= 4 is 27.5 Å². The Bertz CT molecular complexity index is 533. The van der Waals surface area contributed by atoms with E-state index in [1.54, 1.807) is 30.6 Å². The zero-order valence-corrected chi connectivity index (χ0v) is 12.0. The Morgan fingerprint density at radius 2 is 2.17 bits per heavy atom. The number of nitrogens with one attached hydrogen (secondary N) is 1. The smallest absolute Gasteiger partial charge is 0.237 e. The molecule has 0 aliphatic heterocycles. The minimum atomic E-state index is 0.442. The van der Waals surface area contributed by atoms with Crippen LogP contribution in [0.25, 0.3) is 0 Å². The highest BCUT2D eigenvalue weighted by Crippen LogP contribution is 2.30. The quantitative estimate of drug-likeness (QED) is 0.934. The molecule has 0 spiro atoms. The van der Waals surface area contributed by atoms with Crippen molar-refractivity contribution in [1.29, 1.82) is 0 Å². The lowest BCUT2D eigenvalue weighted by Crippen LogP contribution is -2.07. The van der Waals surface area contributed by atoms with Crippen LogP contribution >= 0.6 is 27.5 Å². The largest absolute Gasteiger partial charge is 0.436 e. The van der Waals surface area contributed by atoms with Gasteiger partial charge < -0.3 is 10.1 Å². The van der Waals surface area contributed by atoms with Crippen LogP contribution in [0.1, 0.15) is 5.69 Å². The molecule has 0 radical (unpaired) electrons. The van der Waals surface area contributed by atoms with Gasteiger partial charge in [0.25, 0.3) is 0 Å². The third-order valence-corrected chi connectivity index (χ3v) is 3.00. The summed E-state index contributed by atoms with van der Waals surface area (Å²) in [5, 5.41) is 3.65. The molecule has 4 nitrogen and oxygen atoms in total. The molecule has 1 aromatic carbocycles. The van der Waals surface area contributed by atoms with Crippen molar-refractivity contribution in [2.75, 3.05) is 7.05 Å². The van der Waals surface area contributed by atoms with E-state index in [0.29, 0.717) is 23.2 Å². The molecule has 0 amide bonds. The monoisotopic (exact) mass is 327 g/mol. The zero-order valence-electron chi connectivity index (χ0n) is 9.65. The second-order valence-corrected chi connectivity index (χ2v) is 4.84. The van der Waals surface area contributed by atoms with E-state index < -0.39 is 0 Å². The van der Waals surface area contributed by atoms with E-state index in [9.17, 15) is 0 Å². The highest BCUT2D eigenvalue weighted by molar-refractivity contribution is 9.10. The number of aromatic nitrogens is 2. The van der Waals surface area contributed by atoms with E-state index in [2.05, 4.69) is 31.2 Å². The molecular weight excluding hydrogens is 318 g/mol. The number of nitrogens with zero attached hydrogens (tertiary/aromatic N) is 2. The van der Waals surface area contributed by atoms with Crippen molar-refractivity contribution in [3.05, 3.63) is 45.8 Å². The van der Waals surface area contributed by atoms with Gasteiger partial charge >= 0.3 is 0 Å². The summed E-state index contributed by atoms with van der Waals surface area (Å²) in [5.74, 6) is 1.09. The average Bonchev–Trinajstić information content (AvgIpc) is 2.35. The second kappa shape index (κ2) is 6.13.